The summed E-state index contributed by atoms with van der Waals surface area (Å²) >= 11 is 0. The lowest BCUT2D eigenvalue weighted by Crippen LogP contribution is -2.43. The van der Waals surface area contributed by atoms with Gasteiger partial charge in [-0.25, -0.2) is 14.8 Å². The number of hydrogen-bond donors (Lipinski definition) is 3. The van der Waals surface area contributed by atoms with Gasteiger partial charge in [-0.15, -0.1) is 0 Å². The second-order valence-corrected chi connectivity index (χ2v) is 8.04. The summed E-state index contributed by atoms with van der Waals surface area (Å²) in [5, 5.41) is 20.4. The predicted molar refractivity (Wildman–Crippen MR) is 115 cm³/mol. The van der Waals surface area contributed by atoms with Gasteiger partial charge in [-0.1, -0.05) is 12.1 Å². The van der Waals surface area contributed by atoms with Crippen molar-refractivity contribution in [3.8, 4) is 11.3 Å². The van der Waals surface area contributed by atoms with Gasteiger partial charge >= 0.3 is 5.97 Å². The molecule has 0 bridgehead atoms. The van der Waals surface area contributed by atoms with Gasteiger partial charge in [0.1, 0.15) is 0 Å². The maximum absolute atomic E-state index is 11.1. The van der Waals surface area contributed by atoms with Crippen LogP contribution in [0.1, 0.15) is 48.7 Å². The number of nitrogens with one attached hydrogen (secondary N) is 2. The number of aromatic nitrogens is 4. The Hall–Kier alpha value is -3.26. The van der Waals surface area contributed by atoms with E-state index >= 15 is 0 Å². The fourth-order valence-electron chi connectivity index (χ4n) is 4.05. The highest BCUT2D eigenvalue weighted by Gasteiger charge is 2.25. The van der Waals surface area contributed by atoms with E-state index in [9.17, 15) is 4.79 Å². The number of benzene rings is 1. The van der Waals surface area contributed by atoms with Crippen LogP contribution in [-0.2, 0) is 0 Å². The zero-order valence-electron chi connectivity index (χ0n) is 17.3. The molecule has 2 aromatic heterocycles. The Kier molecular flexibility index (Phi) is 5.50. The lowest BCUT2D eigenvalue weighted by molar-refractivity contribution is 0.0697. The summed E-state index contributed by atoms with van der Waals surface area (Å²) in [6.45, 7) is 6.34. The van der Waals surface area contributed by atoms with E-state index in [2.05, 4.69) is 39.5 Å². The lowest BCUT2D eigenvalue weighted by atomic mass is 9.95. The summed E-state index contributed by atoms with van der Waals surface area (Å²) in [6, 6.07) is 7.99. The van der Waals surface area contributed by atoms with Crippen LogP contribution in [0.15, 0.2) is 42.9 Å². The first-order chi connectivity index (χ1) is 14.4. The number of rotatable bonds is 5. The lowest BCUT2D eigenvalue weighted by Gasteiger charge is -2.32. The van der Waals surface area contributed by atoms with Crippen molar-refractivity contribution in [1.29, 1.82) is 0 Å². The molecule has 3 atom stereocenters. The van der Waals surface area contributed by atoms with Crippen molar-refractivity contribution in [2.45, 2.75) is 51.7 Å². The topological polar surface area (TPSA) is 105 Å². The zero-order chi connectivity index (χ0) is 21.3. The number of carboxylic acid groups (broad SMARTS) is 1. The van der Waals surface area contributed by atoms with Crippen molar-refractivity contribution in [2.75, 3.05) is 5.32 Å². The van der Waals surface area contributed by atoms with Crippen LogP contribution >= 0.6 is 0 Å². The summed E-state index contributed by atoms with van der Waals surface area (Å²) in [5.74, 6) is -0.470. The maximum atomic E-state index is 11.1. The molecule has 1 aromatic carbocycles. The molecule has 0 amide bonds. The molecule has 0 spiro atoms. The molecular weight excluding hydrogens is 380 g/mol. The summed E-state index contributed by atoms with van der Waals surface area (Å²) < 4.78 is 2.02. The zero-order valence-corrected chi connectivity index (χ0v) is 17.3. The van der Waals surface area contributed by atoms with Gasteiger partial charge in [0, 0.05) is 30.0 Å². The molecule has 1 fully saturated rings. The van der Waals surface area contributed by atoms with Gasteiger partial charge < -0.3 is 15.7 Å². The molecule has 8 heteroatoms. The average Bonchev–Trinajstić information content (AvgIpc) is 3.17. The van der Waals surface area contributed by atoms with Crippen molar-refractivity contribution >= 4 is 17.6 Å². The third kappa shape index (κ3) is 4.33. The minimum absolute atomic E-state index is 0.248. The molecule has 1 aliphatic heterocycles. The quantitative estimate of drug-likeness (QED) is 0.592. The molecule has 0 radical (unpaired) electrons. The Morgan fingerprint density at radius 1 is 1.17 bits per heavy atom. The van der Waals surface area contributed by atoms with Crippen LogP contribution in [0.25, 0.3) is 11.3 Å². The van der Waals surface area contributed by atoms with Gasteiger partial charge in [0.05, 0.1) is 29.2 Å². The van der Waals surface area contributed by atoms with Crippen LogP contribution < -0.4 is 10.6 Å². The molecule has 3 heterocycles. The Morgan fingerprint density at radius 2 is 1.87 bits per heavy atom. The molecule has 0 aliphatic carbocycles. The minimum atomic E-state index is -0.946. The number of aromatic carboxylic acids is 1. The maximum Gasteiger partial charge on any atom is 0.335 e. The van der Waals surface area contributed by atoms with Crippen LogP contribution in [0.3, 0.4) is 0 Å². The molecule has 1 unspecified atom stereocenters. The number of carbonyl (C=O) groups is 1. The molecule has 3 N–H and O–H groups in total. The molecule has 8 nitrogen and oxygen atoms in total. The van der Waals surface area contributed by atoms with Crippen molar-refractivity contribution in [2.24, 2.45) is 0 Å². The van der Waals surface area contributed by atoms with E-state index in [4.69, 9.17) is 5.11 Å². The highest BCUT2D eigenvalue weighted by Crippen LogP contribution is 2.27. The van der Waals surface area contributed by atoms with Gasteiger partial charge in [0.2, 0.25) is 5.95 Å². The summed E-state index contributed by atoms with van der Waals surface area (Å²) in [7, 11) is 0. The van der Waals surface area contributed by atoms with Gasteiger partial charge in [0.25, 0.3) is 0 Å². The smallest absolute Gasteiger partial charge is 0.335 e. The summed E-state index contributed by atoms with van der Waals surface area (Å²) in [5.41, 5.74) is 3.61. The Morgan fingerprint density at radius 3 is 2.53 bits per heavy atom. The van der Waals surface area contributed by atoms with E-state index in [0.717, 1.165) is 35.3 Å². The molecule has 30 heavy (non-hydrogen) atoms. The number of aryl methyl sites for hydroxylation is 1. The second-order valence-electron chi connectivity index (χ2n) is 8.04. The number of carboxylic acids is 1. The van der Waals surface area contributed by atoms with Crippen molar-refractivity contribution in [3.63, 3.8) is 0 Å². The van der Waals surface area contributed by atoms with Gasteiger partial charge in [-0.3, -0.25) is 4.68 Å². The van der Waals surface area contributed by atoms with Crippen LogP contribution in [0, 0.1) is 6.92 Å². The predicted octanol–water partition coefficient (Wildman–Crippen LogP) is 3.79. The molecule has 1 aliphatic rings. The van der Waals surface area contributed by atoms with Crippen LogP contribution in [0.5, 0.6) is 0 Å². The first kappa shape index (κ1) is 20.0. The third-order valence-corrected chi connectivity index (χ3v) is 5.43. The van der Waals surface area contributed by atoms with E-state index in [-0.39, 0.29) is 5.56 Å². The van der Waals surface area contributed by atoms with E-state index in [0.29, 0.717) is 24.1 Å². The van der Waals surface area contributed by atoms with Crippen molar-refractivity contribution in [3.05, 3.63) is 54.0 Å². The molecule has 3 aromatic rings. The molecule has 156 valence electrons. The van der Waals surface area contributed by atoms with E-state index in [1.54, 1.807) is 36.7 Å². The van der Waals surface area contributed by atoms with Gasteiger partial charge in [-0.05, 0) is 51.3 Å². The largest absolute Gasteiger partial charge is 0.478 e. The second kappa shape index (κ2) is 8.23. The fraction of sp³-hybridized carbons (Fsp3) is 0.364. The van der Waals surface area contributed by atoms with Crippen molar-refractivity contribution < 1.29 is 9.90 Å². The highest BCUT2D eigenvalue weighted by molar-refractivity contribution is 5.88. The Bertz CT molecular complexity index is 1040. The SMILES string of the molecule is Cc1cnc(Nc2cnn(C3C[C@@H](C)N[C@@H](C)C3)c2)nc1-c1ccc(C(=O)O)cc1. The van der Waals surface area contributed by atoms with Crippen LogP contribution in [-0.4, -0.2) is 42.9 Å². The van der Waals surface area contributed by atoms with Crippen LogP contribution in [0.4, 0.5) is 11.6 Å². The van der Waals surface area contributed by atoms with Gasteiger partial charge in [-0.2, -0.15) is 5.10 Å². The summed E-state index contributed by atoms with van der Waals surface area (Å²) in [6.07, 6.45) is 7.64. The normalized spacial score (nSPS) is 21.4. The fourth-order valence-corrected chi connectivity index (χ4v) is 4.05. The van der Waals surface area contributed by atoms with E-state index in [1.165, 1.54) is 0 Å². The average molecular weight is 406 g/mol. The molecule has 0 saturated carbocycles. The van der Waals surface area contributed by atoms with E-state index < -0.39 is 5.97 Å². The highest BCUT2D eigenvalue weighted by atomic mass is 16.4. The standard InChI is InChI=1S/C22H26N6O2/c1-13-10-23-22(27-20(13)16-4-6-17(7-5-16)21(29)30)26-18-11-24-28(12-18)19-8-14(2)25-15(3)9-19/h4-7,10-12,14-15,19,25H,8-9H2,1-3H3,(H,29,30)(H,23,26,27)/t14-,15+,19?. The molecule has 4 rings (SSSR count). The first-order valence-electron chi connectivity index (χ1n) is 10.1. The van der Waals surface area contributed by atoms with Crippen LogP contribution in [0.2, 0.25) is 0 Å². The third-order valence-electron chi connectivity index (χ3n) is 5.43. The minimum Gasteiger partial charge on any atom is -0.478 e. The number of piperidine rings is 1. The number of anilines is 2. The first-order valence-corrected chi connectivity index (χ1v) is 10.1. The summed E-state index contributed by atoms with van der Waals surface area (Å²) in [4.78, 5) is 20.1. The van der Waals surface area contributed by atoms with Gasteiger partial charge in [0.15, 0.2) is 0 Å². The van der Waals surface area contributed by atoms with Crippen molar-refractivity contribution in [1.82, 2.24) is 25.1 Å². The number of nitrogens with zero attached hydrogens (tertiary/aromatic N) is 4. The van der Waals surface area contributed by atoms with E-state index in [1.807, 2.05) is 17.8 Å². The molecule has 1 saturated heterocycles. The number of hydrogen-bond acceptors (Lipinski definition) is 6. The Labute approximate surface area is 175 Å². The monoisotopic (exact) mass is 406 g/mol. The molecular formula is C22H26N6O2. The Balaban J connectivity index is 1.52.